The molecule has 4 rings (SSSR count). The lowest BCUT2D eigenvalue weighted by Crippen LogP contribution is -2.29. The summed E-state index contributed by atoms with van der Waals surface area (Å²) in [5.41, 5.74) is 2.94. The number of methoxy groups -OCH3 is 1. The molecule has 0 radical (unpaired) electrons. The van der Waals surface area contributed by atoms with E-state index in [0.717, 1.165) is 35.4 Å². The number of allylic oxidation sites excluding steroid dienone is 2. The number of ether oxygens (including phenoxy) is 1. The smallest absolute Gasteiger partial charge is 0.270 e. The zero-order valence-electron chi connectivity index (χ0n) is 12.7. The van der Waals surface area contributed by atoms with Crippen LogP contribution in [0.5, 0.6) is 5.75 Å². The number of rotatable bonds is 2. The number of Topliss-reactive ketones (excluding diaryl/α,β-unsaturated/α-hetero) is 1. The summed E-state index contributed by atoms with van der Waals surface area (Å²) < 4.78 is 5.20. The molecule has 1 aromatic carbocycles. The quantitative estimate of drug-likeness (QED) is 0.794. The van der Waals surface area contributed by atoms with Crippen molar-refractivity contribution in [3.63, 3.8) is 0 Å². The van der Waals surface area contributed by atoms with Gasteiger partial charge >= 0.3 is 0 Å². The van der Waals surface area contributed by atoms with Crippen molar-refractivity contribution in [1.82, 2.24) is 10.2 Å². The monoisotopic (exact) mass is 311 g/mol. The highest BCUT2D eigenvalue weighted by atomic mass is 16.5. The third-order valence-corrected chi connectivity index (χ3v) is 4.57. The maximum atomic E-state index is 12.5. The summed E-state index contributed by atoms with van der Waals surface area (Å²) in [7, 11) is 1.61. The number of carbonyl (C=O) groups excluding carboxylic acids is 1. The molecule has 3 N–H and O–H groups in total. The van der Waals surface area contributed by atoms with Crippen LogP contribution in [0, 0.1) is 0 Å². The molecule has 0 saturated heterocycles. The van der Waals surface area contributed by atoms with Gasteiger partial charge in [-0.15, -0.1) is 0 Å². The van der Waals surface area contributed by atoms with Crippen molar-refractivity contribution in [3.8, 4) is 5.75 Å². The molecule has 1 aromatic heterocycles. The Morgan fingerprint density at radius 3 is 2.61 bits per heavy atom. The predicted molar refractivity (Wildman–Crippen MR) is 85.8 cm³/mol. The van der Waals surface area contributed by atoms with Crippen LogP contribution < -0.4 is 15.6 Å². The number of anilines is 1. The Kier molecular flexibility index (Phi) is 3.11. The molecule has 1 atom stereocenters. The molecule has 23 heavy (non-hydrogen) atoms. The Labute approximate surface area is 132 Å². The van der Waals surface area contributed by atoms with Gasteiger partial charge in [-0.3, -0.25) is 19.8 Å². The normalized spacial score (nSPS) is 19.9. The molecule has 1 unspecified atom stereocenters. The van der Waals surface area contributed by atoms with Gasteiger partial charge in [0, 0.05) is 23.6 Å². The lowest BCUT2D eigenvalue weighted by atomic mass is 9.77. The number of H-pyrrole nitrogens is 2. The zero-order valence-corrected chi connectivity index (χ0v) is 12.7. The molecule has 2 aliphatic rings. The van der Waals surface area contributed by atoms with E-state index < -0.39 is 0 Å². The van der Waals surface area contributed by atoms with Gasteiger partial charge in [-0.25, -0.2) is 0 Å². The fourth-order valence-corrected chi connectivity index (χ4v) is 3.49. The molecular formula is C17H17N3O3. The highest BCUT2D eigenvalue weighted by Crippen LogP contribution is 2.43. The summed E-state index contributed by atoms with van der Waals surface area (Å²) in [6.07, 6.45) is 2.19. The number of ketones is 1. The Morgan fingerprint density at radius 1 is 1.09 bits per heavy atom. The van der Waals surface area contributed by atoms with Crippen LogP contribution in [0.3, 0.4) is 0 Å². The molecule has 2 aromatic rings. The standard InChI is InChI=1S/C17H17N3O3/c1-23-10-7-5-9(6-8-10)13-14-11(3-2-4-12(14)21)18-16-15(13)17(22)20-19-16/h5-8,13H,2-4H2,1H3,(H3,18,19,20,22). The second-order valence-corrected chi connectivity index (χ2v) is 5.87. The van der Waals surface area contributed by atoms with Crippen LogP contribution in [-0.4, -0.2) is 23.1 Å². The molecule has 118 valence electrons. The van der Waals surface area contributed by atoms with Crippen molar-refractivity contribution in [2.24, 2.45) is 0 Å². The summed E-state index contributed by atoms with van der Waals surface area (Å²) in [6, 6.07) is 7.53. The van der Waals surface area contributed by atoms with E-state index in [1.165, 1.54) is 0 Å². The van der Waals surface area contributed by atoms with Crippen molar-refractivity contribution in [1.29, 1.82) is 0 Å². The van der Waals surface area contributed by atoms with Crippen molar-refractivity contribution < 1.29 is 9.53 Å². The highest BCUT2D eigenvalue weighted by molar-refractivity contribution is 6.00. The molecule has 0 saturated carbocycles. The Balaban J connectivity index is 1.92. The Morgan fingerprint density at radius 2 is 1.87 bits per heavy atom. The van der Waals surface area contributed by atoms with E-state index in [0.29, 0.717) is 17.8 Å². The first-order valence-corrected chi connectivity index (χ1v) is 7.67. The lowest BCUT2D eigenvalue weighted by molar-refractivity contribution is -0.116. The first-order valence-electron chi connectivity index (χ1n) is 7.67. The van der Waals surface area contributed by atoms with E-state index in [1.807, 2.05) is 24.3 Å². The van der Waals surface area contributed by atoms with Crippen LogP contribution in [0.4, 0.5) is 5.82 Å². The van der Waals surface area contributed by atoms with E-state index in [2.05, 4.69) is 15.5 Å². The van der Waals surface area contributed by atoms with Crippen LogP contribution in [0.2, 0.25) is 0 Å². The molecule has 0 fully saturated rings. The Hall–Kier alpha value is -2.76. The van der Waals surface area contributed by atoms with Gasteiger partial charge in [0.1, 0.15) is 11.6 Å². The number of aromatic amines is 2. The van der Waals surface area contributed by atoms with Crippen molar-refractivity contribution >= 4 is 11.6 Å². The van der Waals surface area contributed by atoms with Crippen molar-refractivity contribution in [2.75, 3.05) is 12.4 Å². The van der Waals surface area contributed by atoms with Crippen molar-refractivity contribution in [2.45, 2.75) is 25.2 Å². The van der Waals surface area contributed by atoms with E-state index >= 15 is 0 Å². The largest absolute Gasteiger partial charge is 0.497 e. The zero-order chi connectivity index (χ0) is 16.0. The number of hydrogen-bond donors (Lipinski definition) is 3. The fourth-order valence-electron chi connectivity index (χ4n) is 3.49. The summed E-state index contributed by atoms with van der Waals surface area (Å²) in [5.74, 6) is 1.18. The maximum Gasteiger partial charge on any atom is 0.270 e. The Bertz CT molecular complexity index is 858. The van der Waals surface area contributed by atoms with E-state index in [9.17, 15) is 9.59 Å². The van der Waals surface area contributed by atoms with Crippen LogP contribution in [0.1, 0.15) is 36.3 Å². The van der Waals surface area contributed by atoms with Gasteiger partial charge in [-0.1, -0.05) is 12.1 Å². The van der Waals surface area contributed by atoms with Crippen LogP contribution in [0.15, 0.2) is 40.3 Å². The summed E-state index contributed by atoms with van der Waals surface area (Å²) >= 11 is 0. The van der Waals surface area contributed by atoms with Gasteiger partial charge in [0.2, 0.25) is 0 Å². The van der Waals surface area contributed by atoms with Gasteiger partial charge in [0.05, 0.1) is 12.7 Å². The topological polar surface area (TPSA) is 87.0 Å². The number of carbonyl (C=O) groups is 1. The molecule has 0 bridgehead atoms. The average molecular weight is 311 g/mol. The molecule has 0 spiro atoms. The first-order chi connectivity index (χ1) is 11.2. The van der Waals surface area contributed by atoms with Gasteiger partial charge in [0.25, 0.3) is 5.56 Å². The molecule has 1 aliphatic heterocycles. The molecule has 0 amide bonds. The van der Waals surface area contributed by atoms with E-state index in [-0.39, 0.29) is 17.3 Å². The van der Waals surface area contributed by atoms with Gasteiger partial charge in [-0.05, 0) is 30.5 Å². The summed E-state index contributed by atoms with van der Waals surface area (Å²) in [6.45, 7) is 0. The molecular weight excluding hydrogens is 294 g/mol. The molecule has 6 nitrogen and oxygen atoms in total. The number of nitrogens with one attached hydrogen (secondary N) is 3. The molecule has 1 aliphatic carbocycles. The van der Waals surface area contributed by atoms with Crippen LogP contribution >= 0.6 is 0 Å². The number of hydrogen-bond acceptors (Lipinski definition) is 4. The number of benzene rings is 1. The number of aromatic nitrogens is 2. The average Bonchev–Trinajstić information content (AvgIpc) is 2.94. The maximum absolute atomic E-state index is 12.5. The summed E-state index contributed by atoms with van der Waals surface area (Å²) in [5, 5.41) is 8.72. The van der Waals surface area contributed by atoms with Crippen LogP contribution in [0.25, 0.3) is 0 Å². The third kappa shape index (κ3) is 2.10. The second-order valence-electron chi connectivity index (χ2n) is 5.87. The van der Waals surface area contributed by atoms with Gasteiger partial charge in [0.15, 0.2) is 5.78 Å². The van der Waals surface area contributed by atoms with E-state index in [4.69, 9.17) is 4.74 Å². The van der Waals surface area contributed by atoms with E-state index in [1.54, 1.807) is 7.11 Å². The second kappa shape index (κ2) is 5.15. The predicted octanol–water partition coefficient (Wildman–Crippen LogP) is 2.28. The molecule has 2 heterocycles. The fraction of sp³-hybridized carbons (Fsp3) is 0.294. The SMILES string of the molecule is COc1ccc(C2C3=C(CCCC3=O)Nc3[nH][nH]c(=O)c32)cc1. The van der Waals surface area contributed by atoms with Crippen LogP contribution in [-0.2, 0) is 4.79 Å². The third-order valence-electron chi connectivity index (χ3n) is 4.57. The minimum Gasteiger partial charge on any atom is -0.497 e. The summed E-state index contributed by atoms with van der Waals surface area (Å²) in [4.78, 5) is 24.8. The first kappa shape index (κ1) is 13.9. The minimum absolute atomic E-state index is 0.116. The van der Waals surface area contributed by atoms with Gasteiger partial charge < -0.3 is 10.1 Å². The highest BCUT2D eigenvalue weighted by Gasteiger charge is 2.37. The lowest BCUT2D eigenvalue weighted by Gasteiger charge is -2.31. The van der Waals surface area contributed by atoms with Gasteiger partial charge in [-0.2, -0.15) is 0 Å². The minimum atomic E-state index is -0.338. The molecule has 6 heteroatoms. The van der Waals surface area contributed by atoms with Crippen molar-refractivity contribution in [3.05, 3.63) is 57.0 Å². The number of fused-ring (bicyclic) bond motifs is 1.